The Hall–Kier alpha value is -5.40. The van der Waals surface area contributed by atoms with Crippen LogP contribution < -0.4 is 4.57 Å². The van der Waals surface area contributed by atoms with Gasteiger partial charge in [0.25, 0.3) is 0 Å². The first kappa shape index (κ1) is 42.3. The molecule has 8 rings (SSSR count). The summed E-state index contributed by atoms with van der Waals surface area (Å²) < 4.78 is 288. The van der Waals surface area contributed by atoms with Crippen LogP contribution in [-0.4, -0.2) is 8.24 Å². The van der Waals surface area contributed by atoms with Crippen LogP contribution in [0.4, 0.5) is 90.4 Å². The highest BCUT2D eigenvalue weighted by Crippen LogP contribution is 2.56. The predicted molar refractivity (Wildman–Crippen MR) is 193 cm³/mol. The number of anilines is 2. The lowest BCUT2D eigenvalue weighted by Crippen LogP contribution is -2.52. The molecule has 61 heavy (non-hydrogen) atoms. The third-order valence-electron chi connectivity index (χ3n) is 11.5. The molecule has 0 N–H and O–H groups in total. The molecule has 20 heteroatoms. The van der Waals surface area contributed by atoms with E-state index in [4.69, 9.17) is 0 Å². The molecule has 0 saturated carbocycles. The predicted octanol–water partition coefficient (Wildman–Crippen LogP) is 15.3. The van der Waals surface area contributed by atoms with Gasteiger partial charge in [0.15, 0.2) is 113 Å². The first-order chi connectivity index (χ1) is 28.7. The fraction of sp³-hybridized carbons (Fsp3) is 0.220. The molecule has 0 bridgehead atoms. The van der Waals surface area contributed by atoms with Crippen molar-refractivity contribution in [1.29, 1.82) is 0 Å². The monoisotopic (exact) mass is 897 g/mol. The Kier molecular flexibility index (Phi) is 9.75. The normalized spacial score (nSPS) is 12.7. The summed E-state index contributed by atoms with van der Waals surface area (Å²) in [5, 5.41) is -21.8. The zero-order valence-corrected chi connectivity index (χ0v) is 32.0. The van der Waals surface area contributed by atoms with Gasteiger partial charge in [-0.1, -0.05) is 40.0 Å². The van der Waals surface area contributed by atoms with Gasteiger partial charge in [-0.2, -0.15) is 0 Å². The Morgan fingerprint density at radius 1 is 0.246 bits per heavy atom. The minimum absolute atomic E-state index is 0.0621. The summed E-state index contributed by atoms with van der Waals surface area (Å²) in [7, 11) is -4.45. The van der Waals surface area contributed by atoms with E-state index in [0.29, 0.717) is 0 Å². The van der Waals surface area contributed by atoms with Gasteiger partial charge in [-0.25, -0.2) is 79.0 Å². The number of hydrogen-bond donors (Lipinski definition) is 0. The fourth-order valence-electron chi connectivity index (χ4n) is 9.33. The summed E-state index contributed by atoms with van der Waals surface area (Å²) in [5.74, 6) is -46.4. The van der Waals surface area contributed by atoms with Crippen LogP contribution in [0.3, 0.4) is 0 Å². The van der Waals surface area contributed by atoms with E-state index in [-0.39, 0.29) is 42.0 Å². The molecule has 0 unspecified atom stereocenters. The Morgan fingerprint density at radius 2 is 0.426 bits per heavy atom. The SMILES string of the molecule is CCC[Si](CCC)(CCC)N(c1c(F)c(F)c2c(F)c(F)c3c(F)c(F)c(F)c4c(F)c(F)c1c2c34)c1c(F)c(F)c2c(F)c(F)c3c(F)c(F)c(F)c4c(F)c(F)c1c2c34. The Labute approximate surface area is 330 Å². The van der Waals surface area contributed by atoms with E-state index in [0.717, 1.165) is 0 Å². The highest BCUT2D eigenvalue weighted by atomic mass is 28.3. The lowest BCUT2D eigenvalue weighted by molar-refractivity contribution is 0.448. The van der Waals surface area contributed by atoms with E-state index in [1.165, 1.54) is 20.8 Å². The van der Waals surface area contributed by atoms with Crippen LogP contribution in [-0.2, 0) is 0 Å². The maximum absolute atomic E-state index is 17.3. The number of halogens is 18. The van der Waals surface area contributed by atoms with Crippen molar-refractivity contribution in [3.8, 4) is 0 Å². The molecular weight excluding hydrogens is 877 g/mol. The molecule has 0 atom stereocenters. The van der Waals surface area contributed by atoms with Gasteiger partial charge in [0.2, 0.25) is 0 Å². The van der Waals surface area contributed by atoms with Crippen LogP contribution >= 0.6 is 0 Å². The molecule has 0 aliphatic heterocycles. The largest absolute Gasteiger partial charge is 0.363 e. The van der Waals surface area contributed by atoms with E-state index in [9.17, 15) is 8.78 Å². The second kappa shape index (κ2) is 14.1. The second-order valence-electron chi connectivity index (χ2n) is 14.7. The van der Waals surface area contributed by atoms with Crippen molar-refractivity contribution in [1.82, 2.24) is 0 Å². The molecule has 0 amide bonds. The van der Waals surface area contributed by atoms with E-state index in [1.807, 2.05) is 0 Å². The van der Waals surface area contributed by atoms with Gasteiger partial charge in [-0.05, 0) is 18.1 Å². The number of benzene rings is 8. The molecule has 8 aromatic rings. The average Bonchev–Trinajstić information content (AvgIpc) is 3.21. The summed E-state index contributed by atoms with van der Waals surface area (Å²) in [6.07, 6.45) is -0.186. The average molecular weight is 898 g/mol. The lowest BCUT2D eigenvalue weighted by atomic mass is 9.89. The molecule has 1 nitrogen and oxygen atoms in total. The molecule has 0 aliphatic rings. The number of rotatable bonds is 9. The molecule has 0 fully saturated rings. The number of nitrogens with zero attached hydrogens (tertiary/aromatic N) is 1. The summed E-state index contributed by atoms with van der Waals surface area (Å²) in [4.78, 5) is 0. The van der Waals surface area contributed by atoms with Crippen molar-refractivity contribution in [2.45, 2.75) is 58.2 Å². The smallest absolute Gasteiger partial charge is 0.195 e. The van der Waals surface area contributed by atoms with Gasteiger partial charge in [-0.3, -0.25) is 0 Å². The van der Waals surface area contributed by atoms with Crippen LogP contribution in [0, 0.1) is 105 Å². The maximum Gasteiger partial charge on any atom is 0.195 e. The lowest BCUT2D eigenvalue weighted by Gasteiger charge is -2.45. The van der Waals surface area contributed by atoms with E-state index < -0.39 is 189 Å². The van der Waals surface area contributed by atoms with E-state index in [2.05, 4.69) is 0 Å². The summed E-state index contributed by atoms with van der Waals surface area (Å²) in [6, 6.07) is -0.988. The maximum atomic E-state index is 17.3. The standard InChI is InChI=1S/C41H21F18NSi/c1-4-7-61(8-5-2,9-6-3)60(40-20-12-10-14(22(42)24(44)18(12)32(52)38(40)58)28(48)36(56)30(50)16(10)26(46)34(20)54)41-21-13-11-15(23(43)25(45)19(13)33(53)39(41)59)29(49)37(57)31(51)17(11)27(47)35(21)55/h4-9H2,1-3H3. The first-order valence-electron chi connectivity index (χ1n) is 18.3. The Bertz CT molecular complexity index is 2970. The third kappa shape index (κ3) is 5.07. The zero-order chi connectivity index (χ0) is 44.8. The van der Waals surface area contributed by atoms with E-state index >= 15 is 70.2 Å². The highest BCUT2D eigenvalue weighted by molar-refractivity contribution is 6.85. The second-order valence-corrected chi connectivity index (χ2v) is 19.1. The van der Waals surface area contributed by atoms with Crippen molar-refractivity contribution in [3.63, 3.8) is 0 Å². The summed E-state index contributed by atoms with van der Waals surface area (Å²) >= 11 is 0. The van der Waals surface area contributed by atoms with Gasteiger partial charge < -0.3 is 4.57 Å². The van der Waals surface area contributed by atoms with Crippen LogP contribution in [0.15, 0.2) is 0 Å². The Balaban J connectivity index is 1.76. The Morgan fingerprint density at radius 3 is 0.656 bits per heavy atom. The molecule has 8 aromatic carbocycles. The molecule has 320 valence electrons. The molecule has 0 aliphatic carbocycles. The molecular formula is C41H21F18NSi. The van der Waals surface area contributed by atoms with E-state index in [1.54, 1.807) is 0 Å². The zero-order valence-electron chi connectivity index (χ0n) is 31.0. The van der Waals surface area contributed by atoms with Crippen molar-refractivity contribution in [2.24, 2.45) is 0 Å². The molecule has 0 saturated heterocycles. The van der Waals surface area contributed by atoms with Crippen LogP contribution in [0.1, 0.15) is 40.0 Å². The van der Waals surface area contributed by atoms with Gasteiger partial charge in [-0.15, -0.1) is 0 Å². The summed E-state index contributed by atoms with van der Waals surface area (Å²) in [5.41, 5.74) is -3.66. The molecule has 0 heterocycles. The van der Waals surface area contributed by atoms with Crippen LogP contribution in [0.25, 0.3) is 64.6 Å². The van der Waals surface area contributed by atoms with Crippen molar-refractivity contribution < 1.29 is 79.0 Å². The van der Waals surface area contributed by atoms with Gasteiger partial charge >= 0.3 is 0 Å². The fourth-order valence-corrected chi connectivity index (χ4v) is 14.9. The van der Waals surface area contributed by atoms with Gasteiger partial charge in [0, 0.05) is 32.3 Å². The van der Waals surface area contributed by atoms with Crippen LogP contribution in [0.2, 0.25) is 18.1 Å². The van der Waals surface area contributed by atoms with Gasteiger partial charge in [0.05, 0.1) is 43.7 Å². The van der Waals surface area contributed by atoms with Crippen LogP contribution in [0.5, 0.6) is 0 Å². The third-order valence-corrected chi connectivity index (χ3v) is 17.1. The molecule has 0 aromatic heterocycles. The molecule has 0 spiro atoms. The topological polar surface area (TPSA) is 3.24 Å². The minimum Gasteiger partial charge on any atom is -0.363 e. The van der Waals surface area contributed by atoms with Gasteiger partial charge in [0.1, 0.15) is 0 Å². The number of hydrogen-bond acceptors (Lipinski definition) is 1. The first-order valence-corrected chi connectivity index (χ1v) is 20.8. The highest BCUT2D eigenvalue weighted by Gasteiger charge is 2.47. The quantitative estimate of drug-likeness (QED) is 0.0604. The van der Waals surface area contributed by atoms with Crippen molar-refractivity contribution in [2.75, 3.05) is 4.57 Å². The minimum atomic E-state index is -4.45. The molecule has 0 radical (unpaired) electrons. The van der Waals surface area contributed by atoms with Crippen molar-refractivity contribution >= 4 is 84.2 Å². The summed E-state index contributed by atoms with van der Waals surface area (Å²) in [6.45, 7) is 4.35. The van der Waals surface area contributed by atoms with Crippen molar-refractivity contribution in [3.05, 3.63) is 105 Å².